The molecule has 2 rings (SSSR count). The van der Waals surface area contributed by atoms with Gasteiger partial charge in [0.05, 0.1) is 6.04 Å². The minimum absolute atomic E-state index is 0.0306. The summed E-state index contributed by atoms with van der Waals surface area (Å²) in [5.74, 6) is 1.42. The average molecular weight is 252 g/mol. The molecular weight excluding hydrogens is 232 g/mol. The van der Waals surface area contributed by atoms with E-state index in [2.05, 4.69) is 29.3 Å². The molecule has 18 heavy (non-hydrogen) atoms. The van der Waals surface area contributed by atoms with Crippen LogP contribution in [0.5, 0.6) is 0 Å². The molecule has 0 saturated carbocycles. The van der Waals surface area contributed by atoms with Gasteiger partial charge < -0.3 is 14.7 Å². The van der Waals surface area contributed by atoms with Gasteiger partial charge in [-0.15, -0.1) is 0 Å². The number of aromatic nitrogens is 2. The van der Waals surface area contributed by atoms with Crippen molar-refractivity contribution in [1.29, 1.82) is 0 Å². The summed E-state index contributed by atoms with van der Waals surface area (Å²) in [6.45, 7) is 7.34. The number of carbonyl (C=O) groups excluding carboxylic acids is 1. The van der Waals surface area contributed by atoms with E-state index in [1.54, 1.807) is 6.92 Å². The molecule has 1 N–H and O–H groups in total. The predicted molar refractivity (Wildman–Crippen MR) is 66.0 cm³/mol. The van der Waals surface area contributed by atoms with Crippen molar-refractivity contribution in [1.82, 2.24) is 20.4 Å². The smallest absolute Gasteiger partial charge is 0.239 e. The summed E-state index contributed by atoms with van der Waals surface area (Å²) < 4.78 is 4.90. The molecule has 6 heteroatoms. The van der Waals surface area contributed by atoms with Gasteiger partial charge in [-0.05, 0) is 6.42 Å². The SMILES string of the molecule is Cc1nc(CCN2CCC(NC(C)C)C2=O)no1. The van der Waals surface area contributed by atoms with E-state index in [-0.39, 0.29) is 11.9 Å². The van der Waals surface area contributed by atoms with Crippen LogP contribution >= 0.6 is 0 Å². The Morgan fingerprint density at radius 2 is 2.33 bits per heavy atom. The highest BCUT2D eigenvalue weighted by molar-refractivity contribution is 5.84. The normalized spacial score (nSPS) is 20.1. The quantitative estimate of drug-likeness (QED) is 0.827. The molecule has 2 heterocycles. The first-order valence-corrected chi connectivity index (χ1v) is 6.40. The number of nitrogens with zero attached hydrogens (tertiary/aromatic N) is 3. The summed E-state index contributed by atoms with van der Waals surface area (Å²) in [4.78, 5) is 18.1. The second kappa shape index (κ2) is 5.48. The molecule has 0 spiro atoms. The summed E-state index contributed by atoms with van der Waals surface area (Å²) in [7, 11) is 0. The van der Waals surface area contributed by atoms with E-state index in [1.807, 2.05) is 4.90 Å². The topological polar surface area (TPSA) is 71.3 Å². The third-order valence-corrected chi connectivity index (χ3v) is 3.01. The summed E-state index contributed by atoms with van der Waals surface area (Å²) in [6, 6.07) is 0.302. The van der Waals surface area contributed by atoms with Crippen LogP contribution in [-0.4, -0.2) is 46.1 Å². The van der Waals surface area contributed by atoms with Crippen LogP contribution in [0.3, 0.4) is 0 Å². The fourth-order valence-electron chi connectivity index (χ4n) is 2.20. The number of aryl methyl sites for hydroxylation is 1. The molecule has 0 radical (unpaired) electrons. The Kier molecular flexibility index (Phi) is 3.96. The second-order valence-corrected chi connectivity index (χ2v) is 4.97. The summed E-state index contributed by atoms with van der Waals surface area (Å²) >= 11 is 0. The van der Waals surface area contributed by atoms with E-state index < -0.39 is 0 Å². The minimum atomic E-state index is -0.0306. The highest BCUT2D eigenvalue weighted by Gasteiger charge is 2.31. The average Bonchev–Trinajstić information content (AvgIpc) is 2.85. The lowest BCUT2D eigenvalue weighted by Crippen LogP contribution is -2.41. The zero-order chi connectivity index (χ0) is 13.1. The van der Waals surface area contributed by atoms with Gasteiger partial charge in [-0.25, -0.2) is 0 Å². The van der Waals surface area contributed by atoms with Gasteiger partial charge in [0.25, 0.3) is 0 Å². The van der Waals surface area contributed by atoms with Gasteiger partial charge in [0.15, 0.2) is 5.82 Å². The van der Waals surface area contributed by atoms with Gasteiger partial charge in [0, 0.05) is 32.5 Å². The van der Waals surface area contributed by atoms with Gasteiger partial charge in [0.2, 0.25) is 11.8 Å². The van der Waals surface area contributed by atoms with Crippen LogP contribution in [-0.2, 0) is 11.2 Å². The first-order chi connectivity index (χ1) is 8.56. The standard InChI is InChI=1S/C12H20N4O2/c1-8(2)13-10-4-6-16(12(10)17)7-5-11-14-9(3)18-15-11/h8,10,13H,4-7H2,1-3H3. The molecule has 1 fully saturated rings. The molecular formula is C12H20N4O2. The van der Waals surface area contributed by atoms with Crippen molar-refractivity contribution in [2.24, 2.45) is 0 Å². The monoisotopic (exact) mass is 252 g/mol. The Morgan fingerprint density at radius 1 is 1.56 bits per heavy atom. The molecule has 6 nitrogen and oxygen atoms in total. The lowest BCUT2D eigenvalue weighted by molar-refractivity contribution is -0.129. The Bertz CT molecular complexity index is 416. The molecule has 1 aliphatic heterocycles. The Labute approximate surface area is 107 Å². The lowest BCUT2D eigenvalue weighted by atomic mass is 10.2. The third kappa shape index (κ3) is 3.07. The molecule has 1 amide bonds. The van der Waals surface area contributed by atoms with Gasteiger partial charge >= 0.3 is 0 Å². The number of likely N-dealkylation sites (tertiary alicyclic amines) is 1. The van der Waals surface area contributed by atoms with Crippen LogP contribution in [0.1, 0.15) is 32.0 Å². The molecule has 1 saturated heterocycles. The molecule has 1 atom stereocenters. The van der Waals surface area contributed by atoms with Crippen molar-refractivity contribution in [3.63, 3.8) is 0 Å². The van der Waals surface area contributed by atoms with Crippen LogP contribution in [0.2, 0.25) is 0 Å². The fourth-order valence-corrected chi connectivity index (χ4v) is 2.20. The van der Waals surface area contributed by atoms with Gasteiger partial charge in [-0.3, -0.25) is 4.79 Å². The number of hydrogen-bond donors (Lipinski definition) is 1. The number of amides is 1. The van der Waals surface area contributed by atoms with E-state index in [1.165, 1.54) is 0 Å². The van der Waals surface area contributed by atoms with Crippen molar-refractivity contribution in [3.05, 3.63) is 11.7 Å². The summed E-state index contributed by atoms with van der Waals surface area (Å²) in [6.07, 6.45) is 1.53. The number of hydrogen-bond acceptors (Lipinski definition) is 5. The first kappa shape index (κ1) is 13.0. The minimum Gasteiger partial charge on any atom is -0.341 e. The molecule has 1 aliphatic rings. The maximum atomic E-state index is 12.1. The number of nitrogens with one attached hydrogen (secondary N) is 1. The van der Waals surface area contributed by atoms with E-state index in [4.69, 9.17) is 4.52 Å². The molecule has 100 valence electrons. The van der Waals surface area contributed by atoms with E-state index in [9.17, 15) is 4.79 Å². The van der Waals surface area contributed by atoms with Gasteiger partial charge in [-0.2, -0.15) is 4.98 Å². The van der Waals surface area contributed by atoms with Crippen LogP contribution in [0, 0.1) is 6.92 Å². The zero-order valence-electron chi connectivity index (χ0n) is 11.1. The molecule has 1 aromatic heterocycles. The number of rotatable bonds is 5. The van der Waals surface area contributed by atoms with Crippen molar-refractivity contribution in [2.75, 3.05) is 13.1 Å². The predicted octanol–water partition coefficient (Wildman–Crippen LogP) is 0.519. The maximum absolute atomic E-state index is 12.1. The second-order valence-electron chi connectivity index (χ2n) is 4.97. The highest BCUT2D eigenvalue weighted by Crippen LogP contribution is 2.12. The maximum Gasteiger partial charge on any atom is 0.239 e. The highest BCUT2D eigenvalue weighted by atomic mass is 16.5. The Balaban J connectivity index is 1.82. The van der Waals surface area contributed by atoms with Crippen molar-refractivity contribution in [3.8, 4) is 0 Å². The Hall–Kier alpha value is -1.43. The lowest BCUT2D eigenvalue weighted by Gasteiger charge is -2.17. The van der Waals surface area contributed by atoms with E-state index >= 15 is 0 Å². The molecule has 0 aliphatic carbocycles. The van der Waals surface area contributed by atoms with Crippen molar-refractivity contribution < 1.29 is 9.32 Å². The van der Waals surface area contributed by atoms with Crippen LogP contribution in [0.15, 0.2) is 4.52 Å². The molecule has 0 bridgehead atoms. The summed E-state index contributed by atoms with van der Waals surface area (Å²) in [5, 5.41) is 7.11. The van der Waals surface area contributed by atoms with Gasteiger partial charge in [0.1, 0.15) is 0 Å². The number of carbonyl (C=O) groups is 1. The van der Waals surface area contributed by atoms with E-state index in [0.29, 0.717) is 30.7 Å². The zero-order valence-corrected chi connectivity index (χ0v) is 11.1. The van der Waals surface area contributed by atoms with Crippen LogP contribution < -0.4 is 5.32 Å². The van der Waals surface area contributed by atoms with Crippen LogP contribution in [0.4, 0.5) is 0 Å². The fraction of sp³-hybridized carbons (Fsp3) is 0.750. The summed E-state index contributed by atoms with van der Waals surface area (Å²) in [5.41, 5.74) is 0. The van der Waals surface area contributed by atoms with Crippen molar-refractivity contribution >= 4 is 5.91 Å². The van der Waals surface area contributed by atoms with Crippen LogP contribution in [0.25, 0.3) is 0 Å². The Morgan fingerprint density at radius 3 is 2.94 bits per heavy atom. The molecule has 0 aromatic carbocycles. The largest absolute Gasteiger partial charge is 0.341 e. The molecule has 1 unspecified atom stereocenters. The van der Waals surface area contributed by atoms with E-state index in [0.717, 1.165) is 13.0 Å². The third-order valence-electron chi connectivity index (χ3n) is 3.01. The first-order valence-electron chi connectivity index (χ1n) is 6.40. The molecule has 1 aromatic rings. The van der Waals surface area contributed by atoms with Gasteiger partial charge in [-0.1, -0.05) is 19.0 Å². The van der Waals surface area contributed by atoms with Crippen molar-refractivity contribution in [2.45, 2.75) is 45.7 Å².